The fourth-order valence-electron chi connectivity index (χ4n) is 3.47. The van der Waals surface area contributed by atoms with Gasteiger partial charge in [-0.15, -0.1) is 0 Å². The van der Waals surface area contributed by atoms with Crippen LogP contribution < -0.4 is 4.90 Å². The number of sulfone groups is 1. The van der Waals surface area contributed by atoms with Crippen LogP contribution >= 0.6 is 11.3 Å². The molecule has 4 rings (SSSR count). The van der Waals surface area contributed by atoms with Crippen molar-refractivity contribution in [2.45, 2.75) is 31.2 Å². The topological polar surface area (TPSA) is 67.3 Å². The lowest BCUT2D eigenvalue weighted by molar-refractivity contribution is -0.118. The van der Waals surface area contributed by atoms with Gasteiger partial charge in [-0.3, -0.25) is 9.69 Å². The van der Waals surface area contributed by atoms with E-state index in [1.807, 2.05) is 55.5 Å². The monoisotopic (exact) mass is 482 g/mol. The predicted octanol–water partition coefficient (Wildman–Crippen LogP) is 5.53. The third-order valence-electron chi connectivity index (χ3n) is 5.22. The summed E-state index contributed by atoms with van der Waals surface area (Å²) in [6.07, 6.45) is 0.218. The van der Waals surface area contributed by atoms with Crippen LogP contribution in [0.3, 0.4) is 0 Å². The average molecular weight is 483 g/mol. The van der Waals surface area contributed by atoms with Gasteiger partial charge in [0.05, 0.1) is 27.4 Å². The highest BCUT2D eigenvalue weighted by atomic mass is 32.2. The maximum absolute atomic E-state index is 13.2. The zero-order chi connectivity index (χ0) is 23.4. The largest absolute Gasteiger partial charge is 0.284 e. The van der Waals surface area contributed by atoms with Gasteiger partial charge in [-0.1, -0.05) is 47.7 Å². The number of thiazole rings is 1. The molecular formula is C25H23FN2O3S2. The number of aromatic nitrogens is 1. The van der Waals surface area contributed by atoms with E-state index < -0.39 is 15.7 Å². The molecule has 0 saturated heterocycles. The molecular weight excluding hydrogens is 459 g/mol. The van der Waals surface area contributed by atoms with Gasteiger partial charge in [-0.25, -0.2) is 17.8 Å². The second kappa shape index (κ2) is 9.80. The van der Waals surface area contributed by atoms with Crippen molar-refractivity contribution in [1.29, 1.82) is 0 Å². The maximum Gasteiger partial charge on any atom is 0.229 e. The number of fused-ring (bicyclic) bond motifs is 1. The molecule has 170 valence electrons. The molecule has 1 amide bonds. The number of anilines is 1. The summed E-state index contributed by atoms with van der Waals surface area (Å²) in [5, 5.41) is 0.589. The van der Waals surface area contributed by atoms with E-state index in [2.05, 4.69) is 4.98 Å². The summed E-state index contributed by atoms with van der Waals surface area (Å²) in [5.41, 5.74) is 2.90. The third-order valence-corrected chi connectivity index (χ3v) is 8.08. The Morgan fingerprint density at radius 3 is 2.48 bits per heavy atom. The Morgan fingerprint density at radius 2 is 1.76 bits per heavy atom. The minimum Gasteiger partial charge on any atom is -0.284 e. The molecule has 0 fully saturated rings. The standard InChI is InChI=1S/C25H23FN2O3S2/c1-18-9-14-22-23(16-18)32-25(27-22)28(17-19-6-3-2-4-7-19)24(29)8-5-15-33(30,31)21-12-10-20(26)11-13-21/h2-4,6-7,9-14,16H,5,8,15,17H2,1H3. The number of amides is 1. The zero-order valence-electron chi connectivity index (χ0n) is 18.1. The van der Waals surface area contributed by atoms with Crippen LogP contribution in [0.2, 0.25) is 0 Å². The minimum absolute atomic E-state index is 0.0547. The van der Waals surface area contributed by atoms with E-state index in [0.29, 0.717) is 11.7 Å². The highest BCUT2D eigenvalue weighted by Crippen LogP contribution is 2.31. The van der Waals surface area contributed by atoms with Crippen LogP contribution in [-0.4, -0.2) is 25.1 Å². The van der Waals surface area contributed by atoms with Crippen molar-refractivity contribution < 1.29 is 17.6 Å². The lowest BCUT2D eigenvalue weighted by atomic mass is 10.2. The van der Waals surface area contributed by atoms with Crippen molar-refractivity contribution in [3.05, 3.63) is 89.7 Å². The summed E-state index contributed by atoms with van der Waals surface area (Å²) in [6.45, 7) is 2.36. The first-order valence-corrected chi connectivity index (χ1v) is 13.0. The van der Waals surface area contributed by atoms with Gasteiger partial charge in [-0.2, -0.15) is 0 Å². The Balaban J connectivity index is 1.52. The minimum atomic E-state index is -3.60. The lowest BCUT2D eigenvalue weighted by Gasteiger charge is -2.20. The molecule has 0 saturated carbocycles. The van der Waals surface area contributed by atoms with E-state index in [0.717, 1.165) is 33.5 Å². The van der Waals surface area contributed by atoms with Crippen LogP contribution in [0.4, 0.5) is 9.52 Å². The number of aryl methyl sites for hydroxylation is 1. The molecule has 0 atom stereocenters. The van der Waals surface area contributed by atoms with Crippen molar-refractivity contribution in [3.8, 4) is 0 Å². The van der Waals surface area contributed by atoms with E-state index in [1.54, 1.807) is 4.90 Å². The van der Waals surface area contributed by atoms with E-state index in [9.17, 15) is 17.6 Å². The van der Waals surface area contributed by atoms with Crippen LogP contribution in [0.5, 0.6) is 0 Å². The number of rotatable bonds is 8. The first-order valence-electron chi connectivity index (χ1n) is 10.5. The number of hydrogen-bond acceptors (Lipinski definition) is 5. The highest BCUT2D eigenvalue weighted by Gasteiger charge is 2.22. The summed E-state index contributed by atoms with van der Waals surface area (Å²) >= 11 is 1.44. The summed E-state index contributed by atoms with van der Waals surface area (Å²) in [7, 11) is -3.60. The summed E-state index contributed by atoms with van der Waals surface area (Å²) in [5.74, 6) is -0.876. The number of halogens is 1. The molecule has 0 N–H and O–H groups in total. The molecule has 33 heavy (non-hydrogen) atoms. The molecule has 5 nitrogen and oxygen atoms in total. The molecule has 0 unspecified atom stereocenters. The quantitative estimate of drug-likeness (QED) is 0.310. The van der Waals surface area contributed by atoms with Gasteiger partial charge in [0.15, 0.2) is 15.0 Å². The Hall–Kier alpha value is -3.10. The average Bonchev–Trinajstić information content (AvgIpc) is 3.21. The molecule has 1 aromatic heterocycles. The first-order chi connectivity index (χ1) is 15.8. The first kappa shape index (κ1) is 23.1. The molecule has 0 aliphatic rings. The fourth-order valence-corrected chi connectivity index (χ4v) is 5.86. The zero-order valence-corrected chi connectivity index (χ0v) is 19.7. The van der Waals surface area contributed by atoms with Gasteiger partial charge in [0.1, 0.15) is 5.82 Å². The molecule has 0 aliphatic carbocycles. The molecule has 8 heteroatoms. The predicted molar refractivity (Wildman–Crippen MR) is 130 cm³/mol. The van der Waals surface area contributed by atoms with Gasteiger partial charge in [0, 0.05) is 6.42 Å². The van der Waals surface area contributed by atoms with Crippen LogP contribution in [0, 0.1) is 12.7 Å². The van der Waals surface area contributed by atoms with Crippen LogP contribution in [0.1, 0.15) is 24.0 Å². The van der Waals surface area contributed by atoms with Gasteiger partial charge in [0.2, 0.25) is 5.91 Å². The number of carbonyl (C=O) groups is 1. The summed E-state index contributed by atoms with van der Waals surface area (Å²) in [6, 6.07) is 20.3. The smallest absolute Gasteiger partial charge is 0.229 e. The van der Waals surface area contributed by atoms with Crippen molar-refractivity contribution in [1.82, 2.24) is 4.98 Å². The second-order valence-corrected chi connectivity index (χ2v) is 10.9. The maximum atomic E-state index is 13.2. The SMILES string of the molecule is Cc1ccc2nc(N(Cc3ccccc3)C(=O)CCCS(=O)(=O)c3ccc(F)cc3)sc2c1. The normalized spacial score (nSPS) is 11.6. The van der Waals surface area contributed by atoms with Crippen LogP contribution in [0.15, 0.2) is 77.7 Å². The molecule has 4 aromatic rings. The molecule has 0 bridgehead atoms. The number of hydrogen-bond donors (Lipinski definition) is 0. The Morgan fingerprint density at radius 1 is 1.03 bits per heavy atom. The Bertz CT molecular complexity index is 1370. The number of carbonyl (C=O) groups excluding carboxylic acids is 1. The van der Waals surface area contributed by atoms with Crippen molar-refractivity contribution in [2.24, 2.45) is 0 Å². The van der Waals surface area contributed by atoms with E-state index >= 15 is 0 Å². The number of benzene rings is 3. The third kappa shape index (κ3) is 5.64. The van der Waals surface area contributed by atoms with Crippen LogP contribution in [0.25, 0.3) is 10.2 Å². The highest BCUT2D eigenvalue weighted by molar-refractivity contribution is 7.91. The van der Waals surface area contributed by atoms with Gasteiger partial charge >= 0.3 is 0 Å². The van der Waals surface area contributed by atoms with Gasteiger partial charge in [0.25, 0.3) is 0 Å². The lowest BCUT2D eigenvalue weighted by Crippen LogP contribution is -2.30. The van der Waals surface area contributed by atoms with E-state index in [1.165, 1.54) is 23.5 Å². The van der Waals surface area contributed by atoms with E-state index in [-0.39, 0.29) is 29.4 Å². The van der Waals surface area contributed by atoms with E-state index in [4.69, 9.17) is 0 Å². The molecule has 0 spiro atoms. The summed E-state index contributed by atoms with van der Waals surface area (Å²) in [4.78, 5) is 19.5. The Labute approximate surface area is 196 Å². The molecule has 3 aromatic carbocycles. The Kier molecular flexibility index (Phi) is 6.85. The fraction of sp³-hybridized carbons (Fsp3) is 0.200. The van der Waals surface area contributed by atoms with Gasteiger partial charge < -0.3 is 0 Å². The van der Waals surface area contributed by atoms with Crippen molar-refractivity contribution in [3.63, 3.8) is 0 Å². The molecule has 1 heterocycles. The molecule has 0 aliphatic heterocycles. The van der Waals surface area contributed by atoms with Crippen molar-refractivity contribution in [2.75, 3.05) is 10.7 Å². The molecule has 0 radical (unpaired) electrons. The number of nitrogens with zero attached hydrogens (tertiary/aromatic N) is 2. The van der Waals surface area contributed by atoms with Crippen molar-refractivity contribution >= 4 is 42.4 Å². The second-order valence-electron chi connectivity index (χ2n) is 7.81. The summed E-state index contributed by atoms with van der Waals surface area (Å²) < 4.78 is 39.2. The van der Waals surface area contributed by atoms with Crippen LogP contribution in [-0.2, 0) is 21.2 Å². The van der Waals surface area contributed by atoms with Gasteiger partial charge in [-0.05, 0) is 60.9 Å².